The summed E-state index contributed by atoms with van der Waals surface area (Å²) in [7, 11) is 1.72. The van der Waals surface area contributed by atoms with Crippen LogP contribution >= 0.6 is 0 Å². The summed E-state index contributed by atoms with van der Waals surface area (Å²) in [5.74, 6) is 2.01. The number of aliphatic imine (C=N–C) groups is 1. The third kappa shape index (κ3) is 8.49. The van der Waals surface area contributed by atoms with Crippen molar-refractivity contribution in [1.82, 2.24) is 15.6 Å². The van der Waals surface area contributed by atoms with Crippen molar-refractivity contribution in [3.63, 3.8) is 0 Å². The number of hydrogen-bond acceptors (Lipinski definition) is 4. The smallest absolute Gasteiger partial charge is 0.227 e. The number of hydrogen-bond donors (Lipinski definition) is 3. The maximum absolute atomic E-state index is 11.9. The molecule has 1 fully saturated rings. The van der Waals surface area contributed by atoms with Crippen molar-refractivity contribution in [2.45, 2.75) is 32.6 Å². The lowest BCUT2D eigenvalue weighted by atomic mass is 10.3. The molecule has 0 unspecified atom stereocenters. The van der Waals surface area contributed by atoms with Gasteiger partial charge in [-0.2, -0.15) is 0 Å². The summed E-state index contributed by atoms with van der Waals surface area (Å²) < 4.78 is 5.59. The van der Waals surface area contributed by atoms with Crippen molar-refractivity contribution >= 4 is 17.7 Å². The lowest BCUT2D eigenvalue weighted by Crippen LogP contribution is -2.39. The number of nitrogens with one attached hydrogen (secondary N) is 3. The van der Waals surface area contributed by atoms with Crippen LogP contribution in [-0.4, -0.2) is 50.2 Å². The summed E-state index contributed by atoms with van der Waals surface area (Å²) in [4.78, 5) is 20.3. The van der Waals surface area contributed by atoms with Crippen LogP contribution in [0.5, 0.6) is 0 Å². The van der Waals surface area contributed by atoms with Crippen molar-refractivity contribution in [3.05, 3.63) is 23.9 Å². The fourth-order valence-corrected chi connectivity index (χ4v) is 2.25. The van der Waals surface area contributed by atoms with Gasteiger partial charge in [0.25, 0.3) is 0 Å². The number of pyridine rings is 1. The minimum atomic E-state index is -0.0745. The van der Waals surface area contributed by atoms with Crippen LogP contribution in [0.4, 0.5) is 5.82 Å². The summed E-state index contributed by atoms with van der Waals surface area (Å²) >= 11 is 0. The highest BCUT2D eigenvalue weighted by molar-refractivity contribution is 5.90. The van der Waals surface area contributed by atoms with Gasteiger partial charge in [0.05, 0.1) is 0 Å². The number of nitrogens with zero attached hydrogens (tertiary/aromatic N) is 2. The molecule has 1 aromatic heterocycles. The van der Waals surface area contributed by atoms with Gasteiger partial charge >= 0.3 is 0 Å². The topological polar surface area (TPSA) is 87.6 Å². The maximum Gasteiger partial charge on any atom is 0.227 e. The molecule has 1 aliphatic rings. The first kappa shape index (κ1) is 19.2. The molecule has 0 spiro atoms. The summed E-state index contributed by atoms with van der Waals surface area (Å²) in [5.41, 5.74) is 0.877. The summed E-state index contributed by atoms with van der Waals surface area (Å²) in [5, 5.41) is 9.14. The molecule has 1 aliphatic carbocycles. The number of guanidine groups is 1. The Kier molecular flexibility index (Phi) is 8.18. The molecule has 0 atom stereocenters. The largest absolute Gasteiger partial charge is 0.381 e. The normalized spacial score (nSPS) is 14.2. The monoisotopic (exact) mass is 347 g/mol. The van der Waals surface area contributed by atoms with E-state index in [1.807, 2.05) is 19.1 Å². The number of carbonyl (C=O) groups is 1. The van der Waals surface area contributed by atoms with Gasteiger partial charge in [0.2, 0.25) is 5.91 Å². The van der Waals surface area contributed by atoms with E-state index in [-0.39, 0.29) is 5.91 Å². The Bertz CT molecular complexity index is 572. The minimum absolute atomic E-state index is 0.0745. The highest BCUT2D eigenvalue weighted by Crippen LogP contribution is 2.28. The second kappa shape index (κ2) is 10.7. The molecule has 7 heteroatoms. The van der Waals surface area contributed by atoms with E-state index in [0.717, 1.165) is 37.8 Å². The zero-order valence-corrected chi connectivity index (χ0v) is 15.2. The van der Waals surface area contributed by atoms with Crippen molar-refractivity contribution < 1.29 is 9.53 Å². The van der Waals surface area contributed by atoms with Gasteiger partial charge in [-0.15, -0.1) is 0 Å². The molecule has 0 saturated heterocycles. The first-order valence-corrected chi connectivity index (χ1v) is 8.93. The van der Waals surface area contributed by atoms with Crippen molar-refractivity contribution in [3.8, 4) is 0 Å². The number of carbonyl (C=O) groups excluding carboxylic acids is 1. The molecule has 1 heterocycles. The fraction of sp³-hybridized carbons (Fsp3) is 0.611. The standard InChI is InChI=1S/C18H29N5O2/c1-14-5-3-6-16(22-14)23-17(24)9-11-21-18(19-2)20-10-4-12-25-13-15-7-8-15/h3,5-6,15H,4,7-13H2,1-2H3,(H2,19,20,21)(H,22,23,24). The lowest BCUT2D eigenvalue weighted by Gasteiger charge is -2.12. The average molecular weight is 347 g/mol. The van der Waals surface area contributed by atoms with Gasteiger partial charge in [0.1, 0.15) is 5.82 Å². The van der Waals surface area contributed by atoms with Crippen LogP contribution in [0.1, 0.15) is 31.4 Å². The molecular formula is C18H29N5O2. The highest BCUT2D eigenvalue weighted by Gasteiger charge is 2.20. The van der Waals surface area contributed by atoms with Crippen molar-refractivity contribution in [1.29, 1.82) is 0 Å². The number of aryl methyl sites for hydroxylation is 1. The van der Waals surface area contributed by atoms with E-state index in [1.54, 1.807) is 13.1 Å². The summed E-state index contributed by atoms with van der Waals surface area (Å²) in [6.45, 7) is 4.87. The van der Waals surface area contributed by atoms with Crippen LogP contribution < -0.4 is 16.0 Å². The van der Waals surface area contributed by atoms with Crippen LogP contribution in [0.3, 0.4) is 0 Å². The Balaban J connectivity index is 1.52. The Labute approximate surface area is 149 Å². The summed E-state index contributed by atoms with van der Waals surface area (Å²) in [6.07, 6.45) is 3.93. The van der Waals surface area contributed by atoms with Gasteiger partial charge in [-0.05, 0) is 44.2 Å². The molecule has 0 aliphatic heterocycles. The predicted octanol–water partition coefficient (Wildman–Crippen LogP) is 1.70. The third-order valence-electron chi connectivity index (χ3n) is 3.83. The van der Waals surface area contributed by atoms with Gasteiger partial charge in [-0.1, -0.05) is 6.07 Å². The second-order valence-electron chi connectivity index (χ2n) is 6.26. The van der Waals surface area contributed by atoms with Crippen LogP contribution in [0.2, 0.25) is 0 Å². The van der Waals surface area contributed by atoms with Gasteiger partial charge in [-0.25, -0.2) is 4.98 Å². The van der Waals surface area contributed by atoms with Gasteiger partial charge in [-0.3, -0.25) is 9.79 Å². The van der Waals surface area contributed by atoms with E-state index in [2.05, 4.69) is 25.9 Å². The van der Waals surface area contributed by atoms with E-state index in [4.69, 9.17) is 4.74 Å². The molecule has 1 aromatic rings. The molecule has 25 heavy (non-hydrogen) atoms. The molecule has 0 aromatic carbocycles. The van der Waals surface area contributed by atoms with Crippen LogP contribution in [0.15, 0.2) is 23.2 Å². The minimum Gasteiger partial charge on any atom is -0.381 e. The SMILES string of the molecule is CN=C(NCCCOCC1CC1)NCCC(=O)Nc1cccc(C)n1. The molecular weight excluding hydrogens is 318 g/mol. The number of rotatable bonds is 10. The Morgan fingerprint density at radius 2 is 2.12 bits per heavy atom. The molecule has 1 saturated carbocycles. The predicted molar refractivity (Wildman–Crippen MR) is 99.7 cm³/mol. The first-order chi connectivity index (χ1) is 12.2. The van der Waals surface area contributed by atoms with Gasteiger partial charge < -0.3 is 20.7 Å². The molecule has 0 bridgehead atoms. The maximum atomic E-state index is 11.9. The summed E-state index contributed by atoms with van der Waals surface area (Å²) in [6, 6.07) is 5.55. The molecule has 138 valence electrons. The molecule has 3 N–H and O–H groups in total. The molecule has 2 rings (SSSR count). The molecule has 7 nitrogen and oxygen atoms in total. The highest BCUT2D eigenvalue weighted by atomic mass is 16.5. The van der Waals surface area contributed by atoms with E-state index in [1.165, 1.54) is 12.8 Å². The zero-order valence-electron chi connectivity index (χ0n) is 15.2. The van der Waals surface area contributed by atoms with Crippen molar-refractivity contribution in [2.24, 2.45) is 10.9 Å². The van der Waals surface area contributed by atoms with E-state index in [0.29, 0.717) is 24.7 Å². The van der Waals surface area contributed by atoms with Gasteiger partial charge in [0, 0.05) is 45.5 Å². The van der Waals surface area contributed by atoms with Gasteiger partial charge in [0.15, 0.2) is 5.96 Å². The number of amides is 1. The van der Waals surface area contributed by atoms with Crippen molar-refractivity contribution in [2.75, 3.05) is 38.7 Å². The Morgan fingerprint density at radius 3 is 2.84 bits per heavy atom. The van der Waals surface area contributed by atoms with Crippen LogP contribution in [0.25, 0.3) is 0 Å². The first-order valence-electron chi connectivity index (χ1n) is 8.93. The van der Waals surface area contributed by atoms with Crippen LogP contribution in [-0.2, 0) is 9.53 Å². The fourth-order valence-electron chi connectivity index (χ4n) is 2.25. The Hall–Kier alpha value is -2.15. The second-order valence-corrected chi connectivity index (χ2v) is 6.26. The van der Waals surface area contributed by atoms with E-state index >= 15 is 0 Å². The number of anilines is 1. The zero-order chi connectivity index (χ0) is 17.9. The van der Waals surface area contributed by atoms with E-state index < -0.39 is 0 Å². The quantitative estimate of drug-likeness (QED) is 0.341. The number of ether oxygens (including phenoxy) is 1. The average Bonchev–Trinajstić information content (AvgIpc) is 3.40. The van der Waals surface area contributed by atoms with Crippen LogP contribution in [0, 0.1) is 12.8 Å². The molecule has 0 radical (unpaired) electrons. The lowest BCUT2D eigenvalue weighted by molar-refractivity contribution is -0.116. The van der Waals surface area contributed by atoms with E-state index in [9.17, 15) is 4.79 Å². The Morgan fingerprint density at radius 1 is 1.32 bits per heavy atom. The molecule has 1 amide bonds. The number of aromatic nitrogens is 1. The third-order valence-corrected chi connectivity index (χ3v) is 3.83.